The third-order valence-corrected chi connectivity index (χ3v) is 2.64. The van der Waals surface area contributed by atoms with Crippen molar-refractivity contribution in [3.63, 3.8) is 0 Å². The molecule has 0 radical (unpaired) electrons. The molecular formula is C12H10ClN3O3. The molecule has 0 saturated carbocycles. The number of ether oxygens (including phenoxy) is 1. The Morgan fingerprint density at radius 3 is 2.74 bits per heavy atom. The van der Waals surface area contributed by atoms with Gasteiger partial charge in [-0.15, -0.1) is 0 Å². The molecule has 0 saturated heterocycles. The van der Waals surface area contributed by atoms with Crippen LogP contribution in [0.2, 0.25) is 5.02 Å². The van der Waals surface area contributed by atoms with E-state index in [4.69, 9.17) is 22.1 Å². The fraction of sp³-hybridized carbons (Fsp3) is 0.0833. The molecule has 1 heterocycles. The highest BCUT2D eigenvalue weighted by Crippen LogP contribution is 2.16. The number of carbonyl (C=O) groups is 1. The number of amides is 1. The molecule has 0 unspecified atom stereocenters. The molecule has 6 nitrogen and oxygen atoms in total. The first kappa shape index (κ1) is 13.1. The Labute approximate surface area is 113 Å². The molecule has 0 bridgehead atoms. The van der Waals surface area contributed by atoms with Crippen LogP contribution >= 0.6 is 11.6 Å². The summed E-state index contributed by atoms with van der Waals surface area (Å²) in [4.78, 5) is 23.2. The molecule has 1 aromatic heterocycles. The summed E-state index contributed by atoms with van der Waals surface area (Å²) < 4.78 is 5.94. The average molecular weight is 280 g/mol. The number of aromatic nitrogens is 2. The van der Waals surface area contributed by atoms with E-state index >= 15 is 0 Å². The number of primary amides is 1. The molecule has 0 atom stereocenters. The summed E-state index contributed by atoms with van der Waals surface area (Å²) in [6.07, 6.45) is 0. The van der Waals surface area contributed by atoms with Gasteiger partial charge in [-0.25, -0.2) is 0 Å². The van der Waals surface area contributed by atoms with Gasteiger partial charge in [0.15, 0.2) is 11.4 Å². The molecule has 2 rings (SSSR count). The van der Waals surface area contributed by atoms with E-state index in [0.717, 1.165) is 10.7 Å². The summed E-state index contributed by atoms with van der Waals surface area (Å²) in [5, 5.41) is 4.35. The Morgan fingerprint density at radius 1 is 1.42 bits per heavy atom. The van der Waals surface area contributed by atoms with E-state index in [9.17, 15) is 9.59 Å². The lowest BCUT2D eigenvalue weighted by Gasteiger charge is -2.09. The van der Waals surface area contributed by atoms with Gasteiger partial charge < -0.3 is 10.5 Å². The third-order valence-electron chi connectivity index (χ3n) is 2.40. The molecule has 0 aliphatic heterocycles. The van der Waals surface area contributed by atoms with Crippen LogP contribution in [-0.2, 0) is 0 Å². The zero-order valence-electron chi connectivity index (χ0n) is 9.96. The molecule has 0 aliphatic rings. The first-order chi connectivity index (χ1) is 9.02. The molecule has 1 aromatic carbocycles. The number of rotatable bonds is 3. The predicted molar refractivity (Wildman–Crippen MR) is 69.9 cm³/mol. The van der Waals surface area contributed by atoms with Crippen molar-refractivity contribution in [3.8, 4) is 11.4 Å². The van der Waals surface area contributed by atoms with Crippen molar-refractivity contribution >= 4 is 17.5 Å². The molecule has 98 valence electrons. The Bertz CT molecular complexity index is 697. The van der Waals surface area contributed by atoms with E-state index in [1.807, 2.05) is 0 Å². The maximum Gasteiger partial charge on any atom is 0.275 e. The molecule has 0 aliphatic carbocycles. The molecule has 1 amide bonds. The minimum absolute atomic E-state index is 0.0378. The van der Waals surface area contributed by atoms with Gasteiger partial charge in [0.1, 0.15) is 0 Å². The van der Waals surface area contributed by atoms with Crippen molar-refractivity contribution in [2.75, 3.05) is 7.11 Å². The van der Waals surface area contributed by atoms with Crippen molar-refractivity contribution in [3.05, 3.63) is 51.4 Å². The topological polar surface area (TPSA) is 87.2 Å². The van der Waals surface area contributed by atoms with Gasteiger partial charge in [-0.3, -0.25) is 9.59 Å². The zero-order valence-corrected chi connectivity index (χ0v) is 10.7. The smallest absolute Gasteiger partial charge is 0.275 e. The predicted octanol–water partition coefficient (Wildman–Crippen LogP) is 0.993. The Hall–Kier alpha value is -2.34. The van der Waals surface area contributed by atoms with Crippen molar-refractivity contribution < 1.29 is 9.53 Å². The van der Waals surface area contributed by atoms with Crippen molar-refractivity contribution in [1.29, 1.82) is 0 Å². The van der Waals surface area contributed by atoms with Gasteiger partial charge in [0.05, 0.1) is 18.9 Å². The second-order valence-electron chi connectivity index (χ2n) is 3.66. The van der Waals surface area contributed by atoms with Crippen LogP contribution in [-0.4, -0.2) is 22.8 Å². The molecule has 19 heavy (non-hydrogen) atoms. The molecule has 7 heteroatoms. The first-order valence-electron chi connectivity index (χ1n) is 5.27. The Morgan fingerprint density at radius 2 is 2.16 bits per heavy atom. The largest absolute Gasteiger partial charge is 0.494 e. The summed E-state index contributed by atoms with van der Waals surface area (Å²) in [7, 11) is 1.33. The summed E-state index contributed by atoms with van der Waals surface area (Å²) in [6.45, 7) is 0. The standard InChI is InChI=1S/C12H10ClN3O3/c1-19-9-6-10(17)16(15-11(9)12(14)18)8-4-2-3-7(13)5-8/h2-6H,1H3,(H2,14,18). The lowest BCUT2D eigenvalue weighted by molar-refractivity contribution is 0.0990. The lowest BCUT2D eigenvalue weighted by atomic mass is 10.3. The van der Waals surface area contributed by atoms with Gasteiger partial charge in [0, 0.05) is 5.02 Å². The average Bonchev–Trinajstić information content (AvgIpc) is 2.37. The molecule has 0 spiro atoms. The highest BCUT2D eigenvalue weighted by molar-refractivity contribution is 6.30. The van der Waals surface area contributed by atoms with Gasteiger partial charge >= 0.3 is 0 Å². The molecule has 0 fully saturated rings. The summed E-state index contributed by atoms with van der Waals surface area (Å²) in [6, 6.07) is 7.66. The van der Waals surface area contributed by atoms with Crippen LogP contribution in [0.15, 0.2) is 35.1 Å². The van der Waals surface area contributed by atoms with Crippen molar-refractivity contribution in [2.45, 2.75) is 0 Å². The maximum absolute atomic E-state index is 11.9. The summed E-state index contributed by atoms with van der Waals surface area (Å²) in [5.74, 6) is -0.747. The number of benzene rings is 1. The van der Waals surface area contributed by atoms with Crippen molar-refractivity contribution in [1.82, 2.24) is 9.78 Å². The summed E-state index contributed by atoms with van der Waals surface area (Å²) >= 11 is 5.85. The Kier molecular flexibility index (Phi) is 3.52. The number of carbonyl (C=O) groups excluding carboxylic acids is 1. The second-order valence-corrected chi connectivity index (χ2v) is 4.09. The van der Waals surface area contributed by atoms with Crippen LogP contribution in [0.25, 0.3) is 5.69 Å². The van der Waals surface area contributed by atoms with Gasteiger partial charge in [0.25, 0.3) is 11.5 Å². The van der Waals surface area contributed by atoms with Gasteiger partial charge in [-0.1, -0.05) is 17.7 Å². The number of hydrogen-bond acceptors (Lipinski definition) is 4. The third kappa shape index (κ3) is 2.58. The molecular weight excluding hydrogens is 270 g/mol. The fourth-order valence-electron chi connectivity index (χ4n) is 1.56. The van der Waals surface area contributed by atoms with Crippen molar-refractivity contribution in [2.24, 2.45) is 5.73 Å². The summed E-state index contributed by atoms with van der Waals surface area (Å²) in [5.41, 5.74) is 5.05. The minimum Gasteiger partial charge on any atom is -0.494 e. The van der Waals surface area contributed by atoms with Gasteiger partial charge in [-0.2, -0.15) is 9.78 Å². The van der Waals surface area contributed by atoms with E-state index in [0.29, 0.717) is 10.7 Å². The van der Waals surface area contributed by atoms with Crippen LogP contribution in [0, 0.1) is 0 Å². The number of hydrogen-bond donors (Lipinski definition) is 1. The fourth-order valence-corrected chi connectivity index (χ4v) is 1.74. The van der Waals surface area contributed by atoms with Gasteiger partial charge in [-0.05, 0) is 18.2 Å². The first-order valence-corrected chi connectivity index (χ1v) is 5.65. The SMILES string of the molecule is COc1cc(=O)n(-c2cccc(Cl)c2)nc1C(N)=O. The zero-order chi connectivity index (χ0) is 14.0. The number of nitrogens with two attached hydrogens (primary N) is 1. The number of nitrogens with zero attached hydrogens (tertiary/aromatic N) is 2. The lowest BCUT2D eigenvalue weighted by Crippen LogP contribution is -2.26. The van der Waals surface area contributed by atoms with Crippen LogP contribution in [0.3, 0.4) is 0 Å². The highest BCUT2D eigenvalue weighted by Gasteiger charge is 2.15. The molecule has 2 N–H and O–H groups in total. The van der Waals surface area contributed by atoms with E-state index < -0.39 is 11.5 Å². The Balaban J connectivity index is 2.68. The monoisotopic (exact) mass is 279 g/mol. The number of methoxy groups -OCH3 is 1. The highest BCUT2D eigenvalue weighted by atomic mass is 35.5. The second kappa shape index (κ2) is 5.11. The van der Waals surface area contributed by atoms with E-state index in [1.165, 1.54) is 7.11 Å². The minimum atomic E-state index is -0.785. The van der Waals surface area contributed by atoms with Crippen LogP contribution in [0.1, 0.15) is 10.5 Å². The number of halogens is 1. The molecule has 2 aromatic rings. The normalized spacial score (nSPS) is 10.2. The van der Waals surface area contributed by atoms with Crippen LogP contribution in [0.4, 0.5) is 0 Å². The van der Waals surface area contributed by atoms with Gasteiger partial charge in [0.2, 0.25) is 0 Å². The van der Waals surface area contributed by atoms with E-state index in [-0.39, 0.29) is 11.4 Å². The van der Waals surface area contributed by atoms with Crippen LogP contribution in [0.5, 0.6) is 5.75 Å². The van der Waals surface area contributed by atoms with E-state index in [1.54, 1.807) is 24.3 Å². The van der Waals surface area contributed by atoms with Crippen LogP contribution < -0.4 is 16.0 Å². The maximum atomic E-state index is 11.9. The quantitative estimate of drug-likeness (QED) is 0.908. The van der Waals surface area contributed by atoms with E-state index in [2.05, 4.69) is 5.10 Å².